The van der Waals surface area contributed by atoms with Gasteiger partial charge in [0.15, 0.2) is 0 Å². The molecule has 3 aromatic rings. The fourth-order valence-electron chi connectivity index (χ4n) is 6.06. The summed E-state index contributed by atoms with van der Waals surface area (Å²) in [6, 6.07) is 13.4. The number of halogens is 5. The summed E-state index contributed by atoms with van der Waals surface area (Å²) in [6.45, 7) is 26.7. The first-order chi connectivity index (χ1) is 22.8. The summed E-state index contributed by atoms with van der Waals surface area (Å²) in [5, 5.41) is 39.6. The average Bonchev–Trinajstić information content (AvgIpc) is 3.58. The smallest absolute Gasteiger partial charge is 0.237 e. The van der Waals surface area contributed by atoms with E-state index in [9.17, 15) is 34.2 Å². The first kappa shape index (κ1) is 32.1. The molecule has 7 nitrogen and oxygen atoms in total. The van der Waals surface area contributed by atoms with Crippen molar-refractivity contribution >= 4 is 33.6 Å². The highest BCUT2D eigenvalue weighted by Crippen LogP contribution is 2.58. The highest BCUT2D eigenvalue weighted by molar-refractivity contribution is 6.29. The molecule has 0 radical (unpaired) electrons. The lowest BCUT2D eigenvalue weighted by Crippen LogP contribution is -2.08. The predicted octanol–water partition coefficient (Wildman–Crippen LogP) is 9.03. The summed E-state index contributed by atoms with van der Waals surface area (Å²) in [6.07, 6.45) is -4.96. The van der Waals surface area contributed by atoms with Gasteiger partial charge in [0, 0.05) is 27.8 Å². The number of alkyl halides is 3. The third kappa shape index (κ3) is 4.57. The van der Waals surface area contributed by atoms with Crippen molar-refractivity contribution in [3.63, 3.8) is 0 Å². The van der Waals surface area contributed by atoms with Crippen molar-refractivity contribution in [2.45, 2.75) is 20.0 Å². The molecule has 0 fully saturated rings. The zero-order chi connectivity index (χ0) is 35.2. The molecule has 0 amide bonds. The fraction of sp³-hybridized carbons (Fsp3) is 0.0833. The number of nitrogens with zero attached hydrogens (tertiary/aromatic N) is 7. The van der Waals surface area contributed by atoms with Crippen LogP contribution in [0.25, 0.3) is 48.1 Å². The maximum atomic E-state index is 17.2. The standard InChI is InChI=1S/C36H12F5N7/c1-16-8-17(2)10-19(9-16)26-29(24(15-45)47-4)31-32(35(26)48-5)33(37)27-21(13-43)25(28(23(14-44)46-3)30(27)34(31)38)18-6-7-22(36(39,40)41)20(11-18)12-42/h6-11H,1-2H3/b28-23-,29-24+. The molecule has 3 aromatic carbocycles. The molecule has 0 aliphatic heterocycles. The number of rotatable bonds is 2. The molecule has 0 spiro atoms. The number of benzene rings is 3. The van der Waals surface area contributed by atoms with Gasteiger partial charge in [-0.25, -0.2) is 33.8 Å². The second-order valence-electron chi connectivity index (χ2n) is 10.5. The number of fused-ring (bicyclic) bond motifs is 2. The average molecular weight is 638 g/mol. The van der Waals surface area contributed by atoms with Gasteiger partial charge in [0.1, 0.15) is 17.7 Å². The lowest BCUT2D eigenvalue weighted by Gasteiger charge is -2.16. The van der Waals surface area contributed by atoms with E-state index in [-0.39, 0.29) is 16.7 Å². The van der Waals surface area contributed by atoms with E-state index >= 15 is 8.78 Å². The molecular formula is C36H12F5N7. The predicted molar refractivity (Wildman–Crippen MR) is 163 cm³/mol. The van der Waals surface area contributed by atoms with Gasteiger partial charge in [0.25, 0.3) is 11.4 Å². The van der Waals surface area contributed by atoms with Crippen LogP contribution in [0.5, 0.6) is 0 Å². The van der Waals surface area contributed by atoms with E-state index < -0.39 is 90.6 Å². The Morgan fingerprint density at radius 3 is 1.71 bits per heavy atom. The number of hydrogen-bond acceptors (Lipinski definition) is 4. The Morgan fingerprint density at radius 2 is 1.23 bits per heavy atom. The Morgan fingerprint density at radius 1 is 0.688 bits per heavy atom. The van der Waals surface area contributed by atoms with Gasteiger partial charge in [-0.1, -0.05) is 35.4 Å². The van der Waals surface area contributed by atoms with Crippen LogP contribution in [-0.4, -0.2) is 0 Å². The molecule has 0 aromatic heterocycles. The van der Waals surface area contributed by atoms with Crippen molar-refractivity contribution in [2.24, 2.45) is 0 Å². The van der Waals surface area contributed by atoms with Gasteiger partial charge in [-0.3, -0.25) is 0 Å². The van der Waals surface area contributed by atoms with E-state index in [1.54, 1.807) is 50.3 Å². The van der Waals surface area contributed by atoms with Gasteiger partial charge in [-0.05, 0) is 53.8 Å². The molecular weight excluding hydrogens is 625 g/mol. The van der Waals surface area contributed by atoms with E-state index in [0.717, 1.165) is 12.1 Å². The monoisotopic (exact) mass is 637 g/mol. The molecule has 0 unspecified atom stereocenters. The van der Waals surface area contributed by atoms with Gasteiger partial charge < -0.3 is 0 Å². The molecule has 0 heterocycles. The van der Waals surface area contributed by atoms with Gasteiger partial charge in [0.05, 0.1) is 54.6 Å². The lowest BCUT2D eigenvalue weighted by molar-refractivity contribution is -0.137. The Labute approximate surface area is 270 Å². The third-order valence-electron chi connectivity index (χ3n) is 7.73. The van der Waals surface area contributed by atoms with Crippen molar-refractivity contribution in [2.75, 3.05) is 0 Å². The summed E-state index contributed by atoms with van der Waals surface area (Å²) in [5.41, 5.74) is -8.29. The number of hydrogen-bond donors (Lipinski definition) is 0. The third-order valence-corrected chi connectivity index (χ3v) is 7.73. The quantitative estimate of drug-likeness (QED) is 0.159. The zero-order valence-electron chi connectivity index (χ0n) is 24.5. The van der Waals surface area contributed by atoms with Crippen molar-refractivity contribution in [1.82, 2.24) is 0 Å². The lowest BCUT2D eigenvalue weighted by atomic mass is 9.89. The molecule has 0 saturated carbocycles. The topological polar surface area (TPSA) is 108 Å². The Bertz CT molecular complexity index is 2440. The summed E-state index contributed by atoms with van der Waals surface area (Å²) in [5.74, 6) is -2.74. The second-order valence-corrected chi connectivity index (χ2v) is 10.5. The summed E-state index contributed by atoms with van der Waals surface area (Å²) < 4.78 is 75.0. The van der Waals surface area contributed by atoms with E-state index in [1.165, 1.54) is 6.07 Å². The van der Waals surface area contributed by atoms with Crippen LogP contribution < -0.4 is 0 Å². The molecule has 2 aliphatic rings. The Kier molecular flexibility index (Phi) is 7.74. The molecule has 48 heavy (non-hydrogen) atoms. The van der Waals surface area contributed by atoms with Gasteiger partial charge in [0.2, 0.25) is 5.70 Å². The van der Waals surface area contributed by atoms with Crippen LogP contribution in [-0.2, 0) is 6.18 Å². The van der Waals surface area contributed by atoms with Gasteiger partial charge >= 0.3 is 6.18 Å². The maximum Gasteiger partial charge on any atom is 0.417 e. The van der Waals surface area contributed by atoms with E-state index in [0.29, 0.717) is 17.2 Å². The maximum absolute atomic E-state index is 17.2. The number of aryl methyl sites for hydroxylation is 2. The van der Waals surface area contributed by atoms with E-state index in [2.05, 4.69) is 14.5 Å². The van der Waals surface area contributed by atoms with E-state index in [1.807, 2.05) is 0 Å². The van der Waals surface area contributed by atoms with E-state index in [4.69, 9.17) is 19.7 Å². The SMILES string of the molecule is [C-]#[N+]C1=C(c2cc(C)cc(C)c2)/C(=C(/C#N)[N+]#[C-])c2c(F)c3c(c(F)c21)C(C#N)=C(c1ccc(C(F)(F)F)c(C#N)c1)/C3=C(\C#N)[N+]#[C-]. The van der Waals surface area contributed by atoms with Crippen molar-refractivity contribution in [3.8, 4) is 24.3 Å². The van der Waals surface area contributed by atoms with Crippen molar-refractivity contribution in [1.29, 1.82) is 21.0 Å². The summed E-state index contributed by atoms with van der Waals surface area (Å²) in [7, 11) is 0. The van der Waals surface area contributed by atoms with Crippen LogP contribution >= 0.6 is 0 Å². The molecule has 0 saturated heterocycles. The molecule has 2 aliphatic carbocycles. The number of allylic oxidation sites excluding steroid dienone is 7. The second kappa shape index (κ2) is 11.6. The highest BCUT2D eigenvalue weighted by atomic mass is 19.4. The molecule has 0 N–H and O–H groups in total. The zero-order valence-corrected chi connectivity index (χ0v) is 24.5. The van der Waals surface area contributed by atoms with Crippen LogP contribution in [0.3, 0.4) is 0 Å². The van der Waals surface area contributed by atoms with Crippen molar-refractivity contribution < 1.29 is 22.0 Å². The van der Waals surface area contributed by atoms with Crippen molar-refractivity contribution in [3.05, 3.63) is 149 Å². The molecule has 12 heteroatoms. The molecule has 226 valence electrons. The van der Waals surface area contributed by atoms with Gasteiger partial charge in [-0.15, -0.1) is 0 Å². The summed E-state index contributed by atoms with van der Waals surface area (Å²) >= 11 is 0. The number of nitriles is 4. The van der Waals surface area contributed by atoms with Crippen LogP contribution in [0.2, 0.25) is 0 Å². The molecule has 5 rings (SSSR count). The molecule has 0 bridgehead atoms. The fourth-order valence-corrected chi connectivity index (χ4v) is 6.06. The largest absolute Gasteiger partial charge is 0.417 e. The first-order valence-electron chi connectivity index (χ1n) is 13.4. The van der Waals surface area contributed by atoms with Crippen LogP contribution in [0, 0.1) is 90.5 Å². The minimum Gasteiger partial charge on any atom is -0.237 e. The normalized spacial score (nSPS) is 15.2. The Hall–Kier alpha value is -7.30. The van der Waals surface area contributed by atoms with Gasteiger partial charge in [-0.2, -0.15) is 23.7 Å². The van der Waals surface area contributed by atoms with Crippen LogP contribution in [0.15, 0.2) is 47.8 Å². The summed E-state index contributed by atoms with van der Waals surface area (Å²) in [4.78, 5) is 9.79. The first-order valence-corrected chi connectivity index (χ1v) is 13.4. The minimum absolute atomic E-state index is 0.124. The van der Waals surface area contributed by atoms with Crippen LogP contribution in [0.4, 0.5) is 22.0 Å². The minimum atomic E-state index is -4.96. The Balaban J connectivity index is 2.02. The van der Waals surface area contributed by atoms with Crippen LogP contribution in [0.1, 0.15) is 55.6 Å². The molecule has 0 atom stereocenters. The highest BCUT2D eigenvalue weighted by Gasteiger charge is 2.44.